The average molecular weight is 449 g/mol. The zero-order valence-electron chi connectivity index (χ0n) is 10.3. The molecule has 0 amide bonds. The number of hydrogen-bond acceptors (Lipinski definition) is 3. The van der Waals surface area contributed by atoms with Gasteiger partial charge in [-0.2, -0.15) is 0 Å². The second-order valence-electron chi connectivity index (χ2n) is 4.09. The third kappa shape index (κ3) is 3.01. The van der Waals surface area contributed by atoms with Gasteiger partial charge >= 0.3 is 0 Å². The van der Waals surface area contributed by atoms with Crippen molar-refractivity contribution in [2.45, 2.75) is 0 Å². The monoisotopic (exact) mass is 446 g/mol. The Morgan fingerprint density at radius 3 is 2.14 bits per heavy atom. The Hall–Kier alpha value is -0.880. The van der Waals surface area contributed by atoms with E-state index >= 15 is 0 Å². The third-order valence-corrected chi connectivity index (χ3v) is 4.42. The second kappa shape index (κ2) is 6.08. The van der Waals surface area contributed by atoms with Crippen molar-refractivity contribution in [2.24, 2.45) is 0 Å². The highest BCUT2D eigenvalue weighted by molar-refractivity contribution is 9.10. The smallest absolute Gasteiger partial charge is 0.198 e. The molecule has 0 saturated heterocycles. The minimum Gasteiger partial charge on any atom is -0.446 e. The summed E-state index contributed by atoms with van der Waals surface area (Å²) in [6.07, 6.45) is 0. The Bertz CT molecular complexity index is 797. The van der Waals surface area contributed by atoms with E-state index in [4.69, 9.17) is 27.6 Å². The standard InChI is InChI=1S/C14H6Br2Cl2N2O/c15-8-4-2-1-3-7(8)11-12(17)19-14(20-13(11)18)9-5-6-10(16)21-9/h1-6H. The van der Waals surface area contributed by atoms with Crippen LogP contribution in [0.25, 0.3) is 22.7 Å². The molecular weight excluding hydrogens is 443 g/mol. The molecule has 0 fully saturated rings. The minimum absolute atomic E-state index is 0.268. The van der Waals surface area contributed by atoms with Gasteiger partial charge in [0.1, 0.15) is 10.3 Å². The van der Waals surface area contributed by atoms with Crippen LogP contribution in [0.5, 0.6) is 0 Å². The number of halogens is 4. The first-order valence-corrected chi connectivity index (χ1v) is 8.14. The van der Waals surface area contributed by atoms with E-state index in [2.05, 4.69) is 41.8 Å². The molecule has 21 heavy (non-hydrogen) atoms. The summed E-state index contributed by atoms with van der Waals surface area (Å²) < 4.78 is 6.87. The van der Waals surface area contributed by atoms with E-state index in [-0.39, 0.29) is 10.3 Å². The molecule has 0 aliphatic carbocycles. The molecule has 0 bridgehead atoms. The maximum absolute atomic E-state index is 6.29. The molecule has 0 saturated carbocycles. The summed E-state index contributed by atoms with van der Waals surface area (Å²) in [7, 11) is 0. The third-order valence-electron chi connectivity index (χ3n) is 2.76. The topological polar surface area (TPSA) is 38.9 Å². The lowest BCUT2D eigenvalue weighted by Crippen LogP contribution is -1.94. The molecule has 0 aliphatic rings. The highest BCUT2D eigenvalue weighted by Crippen LogP contribution is 2.38. The molecule has 2 heterocycles. The van der Waals surface area contributed by atoms with E-state index in [0.29, 0.717) is 21.8 Å². The van der Waals surface area contributed by atoms with Gasteiger partial charge in [-0.15, -0.1) is 0 Å². The quantitative estimate of drug-likeness (QED) is 0.436. The fourth-order valence-corrected chi connectivity index (χ4v) is 3.22. The van der Waals surface area contributed by atoms with E-state index < -0.39 is 0 Å². The lowest BCUT2D eigenvalue weighted by Gasteiger charge is -2.09. The summed E-state index contributed by atoms with van der Waals surface area (Å²) in [5, 5.41) is 0.536. The molecule has 0 N–H and O–H groups in total. The summed E-state index contributed by atoms with van der Waals surface area (Å²) in [6, 6.07) is 11.1. The van der Waals surface area contributed by atoms with Crippen LogP contribution in [0, 0.1) is 0 Å². The van der Waals surface area contributed by atoms with Gasteiger partial charge in [0.2, 0.25) is 0 Å². The zero-order valence-corrected chi connectivity index (χ0v) is 15.0. The maximum Gasteiger partial charge on any atom is 0.198 e. The van der Waals surface area contributed by atoms with Gasteiger partial charge < -0.3 is 4.42 Å². The van der Waals surface area contributed by atoms with Crippen LogP contribution in [0.2, 0.25) is 10.3 Å². The van der Waals surface area contributed by atoms with Crippen LogP contribution in [0.4, 0.5) is 0 Å². The largest absolute Gasteiger partial charge is 0.446 e. The fourth-order valence-electron chi connectivity index (χ4n) is 1.84. The Balaban J connectivity index is 2.15. The Labute approximate surface area is 147 Å². The van der Waals surface area contributed by atoms with Crippen LogP contribution in [-0.4, -0.2) is 9.97 Å². The molecule has 0 aliphatic heterocycles. The fraction of sp³-hybridized carbons (Fsp3) is 0. The molecular formula is C14H6Br2Cl2N2O. The first kappa shape index (κ1) is 15.0. The molecule has 1 aromatic carbocycles. The summed E-state index contributed by atoms with van der Waals surface area (Å²) >= 11 is 19.3. The van der Waals surface area contributed by atoms with Crippen LogP contribution in [-0.2, 0) is 0 Å². The molecule has 3 nitrogen and oxygen atoms in total. The van der Waals surface area contributed by atoms with Gasteiger partial charge in [-0.1, -0.05) is 57.3 Å². The van der Waals surface area contributed by atoms with E-state index in [1.807, 2.05) is 24.3 Å². The van der Waals surface area contributed by atoms with Crippen molar-refractivity contribution in [3.63, 3.8) is 0 Å². The van der Waals surface area contributed by atoms with Crippen LogP contribution in [0.15, 0.2) is 50.0 Å². The highest BCUT2D eigenvalue weighted by atomic mass is 79.9. The number of furan rings is 1. The number of rotatable bonds is 2. The van der Waals surface area contributed by atoms with Crippen LogP contribution < -0.4 is 0 Å². The molecule has 0 atom stereocenters. The first-order chi connectivity index (χ1) is 10.1. The van der Waals surface area contributed by atoms with Crippen molar-refractivity contribution >= 4 is 55.1 Å². The highest BCUT2D eigenvalue weighted by Gasteiger charge is 2.17. The van der Waals surface area contributed by atoms with Crippen LogP contribution in [0.1, 0.15) is 0 Å². The maximum atomic E-state index is 6.29. The summed E-state index contributed by atoms with van der Waals surface area (Å²) in [6.45, 7) is 0. The predicted octanol–water partition coefficient (Wildman–Crippen LogP) is 6.24. The van der Waals surface area contributed by atoms with E-state index in [9.17, 15) is 0 Å². The molecule has 3 aromatic rings. The van der Waals surface area contributed by atoms with Crippen molar-refractivity contribution in [1.29, 1.82) is 0 Å². The lowest BCUT2D eigenvalue weighted by atomic mass is 10.1. The molecule has 2 aromatic heterocycles. The van der Waals surface area contributed by atoms with Gasteiger partial charge in [0.25, 0.3) is 0 Å². The normalized spacial score (nSPS) is 10.9. The molecule has 0 radical (unpaired) electrons. The molecule has 3 rings (SSSR count). The number of nitrogens with zero attached hydrogens (tertiary/aromatic N) is 2. The van der Waals surface area contributed by atoms with Gasteiger partial charge in [-0.05, 0) is 34.1 Å². The van der Waals surface area contributed by atoms with Gasteiger partial charge in [0.15, 0.2) is 16.3 Å². The van der Waals surface area contributed by atoms with E-state index in [1.165, 1.54) is 0 Å². The molecule has 7 heteroatoms. The second-order valence-corrected chi connectivity index (χ2v) is 6.44. The predicted molar refractivity (Wildman–Crippen MR) is 90.6 cm³/mol. The lowest BCUT2D eigenvalue weighted by molar-refractivity contribution is 0.551. The summed E-state index contributed by atoms with van der Waals surface area (Å²) in [5.41, 5.74) is 1.42. The summed E-state index contributed by atoms with van der Waals surface area (Å²) in [5.74, 6) is 0.829. The van der Waals surface area contributed by atoms with Crippen molar-refractivity contribution in [1.82, 2.24) is 9.97 Å². The van der Waals surface area contributed by atoms with Crippen molar-refractivity contribution in [2.75, 3.05) is 0 Å². The van der Waals surface area contributed by atoms with Crippen molar-refractivity contribution < 1.29 is 4.42 Å². The van der Waals surface area contributed by atoms with E-state index in [0.717, 1.165) is 10.0 Å². The Morgan fingerprint density at radius 2 is 1.57 bits per heavy atom. The van der Waals surface area contributed by atoms with Gasteiger partial charge in [0.05, 0.1) is 5.56 Å². The SMILES string of the molecule is Clc1nc(-c2ccc(Br)o2)nc(Cl)c1-c1ccccc1Br. The van der Waals surface area contributed by atoms with E-state index in [1.54, 1.807) is 12.1 Å². The van der Waals surface area contributed by atoms with Gasteiger partial charge in [-0.25, -0.2) is 9.97 Å². The number of aromatic nitrogens is 2. The molecule has 0 spiro atoms. The van der Waals surface area contributed by atoms with Gasteiger partial charge in [0, 0.05) is 10.0 Å². The zero-order chi connectivity index (χ0) is 15.0. The first-order valence-electron chi connectivity index (χ1n) is 5.80. The van der Waals surface area contributed by atoms with Gasteiger partial charge in [-0.3, -0.25) is 0 Å². The number of benzene rings is 1. The molecule has 0 unspecified atom stereocenters. The Kier molecular flexibility index (Phi) is 4.36. The minimum atomic E-state index is 0.268. The summed E-state index contributed by atoms with van der Waals surface area (Å²) in [4.78, 5) is 8.54. The Morgan fingerprint density at radius 1 is 0.905 bits per heavy atom. The number of hydrogen-bond donors (Lipinski definition) is 0. The van der Waals surface area contributed by atoms with Crippen molar-refractivity contribution in [3.05, 3.63) is 55.8 Å². The van der Waals surface area contributed by atoms with Crippen LogP contribution in [0.3, 0.4) is 0 Å². The molecule has 106 valence electrons. The average Bonchev–Trinajstić information content (AvgIpc) is 2.87. The van der Waals surface area contributed by atoms with Crippen molar-refractivity contribution in [3.8, 4) is 22.7 Å². The van der Waals surface area contributed by atoms with Crippen LogP contribution >= 0.6 is 55.1 Å².